The molecule has 0 radical (unpaired) electrons. The molecule has 0 aliphatic carbocycles. The van der Waals surface area contributed by atoms with Crippen molar-refractivity contribution < 1.29 is 9.21 Å². The van der Waals surface area contributed by atoms with Crippen LogP contribution in [0.1, 0.15) is 16.1 Å². The summed E-state index contributed by atoms with van der Waals surface area (Å²) in [6.45, 7) is 0.756. The quantitative estimate of drug-likeness (QED) is 0.754. The summed E-state index contributed by atoms with van der Waals surface area (Å²) in [6.07, 6.45) is 4.32. The molecule has 0 saturated heterocycles. The number of aromatic nitrogens is 2. The van der Waals surface area contributed by atoms with Crippen molar-refractivity contribution in [1.82, 2.24) is 9.78 Å². The number of carbonyl (C=O) groups excluding carboxylic acids is 1. The number of amides is 1. The fourth-order valence-electron chi connectivity index (χ4n) is 2.07. The van der Waals surface area contributed by atoms with E-state index in [-0.39, 0.29) is 11.7 Å². The van der Waals surface area contributed by atoms with Crippen LogP contribution in [0.15, 0.2) is 63.9 Å². The molecule has 2 aromatic heterocycles. The largest absolute Gasteiger partial charge is 0.444 e. The molecule has 6 heteroatoms. The van der Waals surface area contributed by atoms with Crippen LogP contribution in [0, 0.1) is 0 Å². The third-order valence-electron chi connectivity index (χ3n) is 3.16. The number of nitrogens with one attached hydrogen (secondary N) is 1. The van der Waals surface area contributed by atoms with Crippen LogP contribution < -0.4 is 5.32 Å². The minimum absolute atomic E-state index is 0.254. The van der Waals surface area contributed by atoms with E-state index in [1.54, 1.807) is 29.2 Å². The predicted octanol–water partition coefficient (Wildman–Crippen LogP) is 3.73. The Morgan fingerprint density at radius 1 is 1.23 bits per heavy atom. The van der Waals surface area contributed by atoms with Crippen LogP contribution >= 0.6 is 15.9 Å². The molecule has 1 aromatic carbocycles. The highest BCUT2D eigenvalue weighted by molar-refractivity contribution is 9.10. The van der Waals surface area contributed by atoms with Gasteiger partial charge in [-0.2, -0.15) is 5.10 Å². The van der Waals surface area contributed by atoms with Gasteiger partial charge in [-0.25, -0.2) is 0 Å². The van der Waals surface area contributed by atoms with E-state index in [1.165, 1.54) is 5.56 Å². The number of hydrogen-bond acceptors (Lipinski definition) is 3. The first-order valence-electron chi connectivity index (χ1n) is 6.84. The Kier molecular flexibility index (Phi) is 4.39. The van der Waals surface area contributed by atoms with Gasteiger partial charge in [0.05, 0.1) is 11.9 Å². The number of furan rings is 1. The second-order valence-electron chi connectivity index (χ2n) is 4.79. The molecule has 0 spiro atoms. The maximum absolute atomic E-state index is 12.0. The highest BCUT2D eigenvalue weighted by Crippen LogP contribution is 2.16. The molecule has 22 heavy (non-hydrogen) atoms. The third kappa shape index (κ3) is 3.65. The molecule has 1 amide bonds. The van der Waals surface area contributed by atoms with Crippen LogP contribution in [0.5, 0.6) is 0 Å². The lowest BCUT2D eigenvalue weighted by molar-refractivity contribution is 0.0995. The van der Waals surface area contributed by atoms with Gasteiger partial charge in [-0.15, -0.1) is 0 Å². The van der Waals surface area contributed by atoms with Gasteiger partial charge in [0, 0.05) is 12.7 Å². The second-order valence-corrected chi connectivity index (χ2v) is 5.57. The molecule has 5 nitrogen and oxygen atoms in total. The van der Waals surface area contributed by atoms with Crippen molar-refractivity contribution in [2.24, 2.45) is 0 Å². The third-order valence-corrected chi connectivity index (χ3v) is 3.59. The van der Waals surface area contributed by atoms with E-state index in [1.807, 2.05) is 18.2 Å². The van der Waals surface area contributed by atoms with Gasteiger partial charge in [0.2, 0.25) is 0 Å². The van der Waals surface area contributed by atoms with Crippen LogP contribution in [0.2, 0.25) is 0 Å². The Labute approximate surface area is 136 Å². The number of hydrogen-bond donors (Lipinski definition) is 1. The standard InChI is InChI=1S/C16H14BrN3O2/c17-15-7-6-14(22-15)16(21)19-13-10-18-20(11-13)9-8-12-4-2-1-3-5-12/h1-7,10-11H,8-9H2,(H,19,21). The Morgan fingerprint density at radius 3 is 2.77 bits per heavy atom. The predicted molar refractivity (Wildman–Crippen MR) is 86.7 cm³/mol. The molecule has 3 rings (SSSR count). The van der Waals surface area contributed by atoms with Gasteiger partial charge in [0.25, 0.3) is 5.91 Å². The first-order chi connectivity index (χ1) is 10.7. The molecule has 112 valence electrons. The van der Waals surface area contributed by atoms with Crippen molar-refractivity contribution in [2.45, 2.75) is 13.0 Å². The van der Waals surface area contributed by atoms with Gasteiger partial charge in [-0.05, 0) is 40.0 Å². The topological polar surface area (TPSA) is 60.1 Å². The average molecular weight is 360 g/mol. The number of halogens is 1. The van der Waals surface area contributed by atoms with Gasteiger partial charge in [-0.3, -0.25) is 9.48 Å². The SMILES string of the molecule is O=C(Nc1cnn(CCc2ccccc2)c1)c1ccc(Br)o1. The Morgan fingerprint density at radius 2 is 2.05 bits per heavy atom. The highest BCUT2D eigenvalue weighted by Gasteiger charge is 2.11. The minimum atomic E-state index is -0.298. The van der Waals surface area contributed by atoms with Crippen molar-refractivity contribution in [3.63, 3.8) is 0 Å². The molecular weight excluding hydrogens is 346 g/mol. The lowest BCUT2D eigenvalue weighted by atomic mass is 10.1. The van der Waals surface area contributed by atoms with E-state index in [0.29, 0.717) is 10.4 Å². The van der Waals surface area contributed by atoms with Crippen molar-refractivity contribution in [1.29, 1.82) is 0 Å². The smallest absolute Gasteiger partial charge is 0.291 e. The molecular formula is C16H14BrN3O2. The number of benzene rings is 1. The molecule has 0 saturated carbocycles. The monoisotopic (exact) mass is 359 g/mol. The van der Waals surface area contributed by atoms with Crippen LogP contribution in [-0.4, -0.2) is 15.7 Å². The molecule has 0 fully saturated rings. The average Bonchev–Trinajstić information content (AvgIpc) is 3.15. The Bertz CT molecular complexity index is 765. The van der Waals surface area contributed by atoms with E-state index in [0.717, 1.165) is 13.0 Å². The van der Waals surface area contributed by atoms with Crippen LogP contribution in [0.4, 0.5) is 5.69 Å². The zero-order chi connectivity index (χ0) is 15.4. The van der Waals surface area contributed by atoms with E-state index in [2.05, 4.69) is 38.5 Å². The molecule has 0 unspecified atom stereocenters. The summed E-state index contributed by atoms with van der Waals surface area (Å²) in [5.41, 5.74) is 1.90. The number of nitrogens with zero attached hydrogens (tertiary/aromatic N) is 2. The summed E-state index contributed by atoms with van der Waals surface area (Å²) in [7, 11) is 0. The highest BCUT2D eigenvalue weighted by atomic mass is 79.9. The fraction of sp³-hybridized carbons (Fsp3) is 0.125. The van der Waals surface area contributed by atoms with Gasteiger partial charge in [0.15, 0.2) is 10.4 Å². The molecule has 0 atom stereocenters. The van der Waals surface area contributed by atoms with Gasteiger partial charge < -0.3 is 9.73 Å². The van der Waals surface area contributed by atoms with E-state index < -0.39 is 0 Å². The maximum atomic E-state index is 12.0. The summed E-state index contributed by atoms with van der Waals surface area (Å²) in [5.74, 6) is -0.0442. The number of rotatable bonds is 5. The summed E-state index contributed by atoms with van der Waals surface area (Å²) in [4.78, 5) is 12.0. The second kappa shape index (κ2) is 6.62. The number of anilines is 1. The van der Waals surface area contributed by atoms with Crippen molar-refractivity contribution in [2.75, 3.05) is 5.32 Å². The van der Waals surface area contributed by atoms with Crippen LogP contribution in [0.3, 0.4) is 0 Å². The van der Waals surface area contributed by atoms with Crippen molar-refractivity contribution in [3.05, 3.63) is 70.9 Å². The molecule has 0 aliphatic rings. The van der Waals surface area contributed by atoms with Gasteiger partial charge in [0.1, 0.15) is 0 Å². The Balaban J connectivity index is 1.58. The van der Waals surface area contributed by atoms with Crippen LogP contribution in [-0.2, 0) is 13.0 Å². The fourth-order valence-corrected chi connectivity index (χ4v) is 2.37. The molecule has 0 aliphatic heterocycles. The molecule has 2 heterocycles. The summed E-state index contributed by atoms with van der Waals surface area (Å²) >= 11 is 3.17. The van der Waals surface area contributed by atoms with Crippen molar-refractivity contribution in [3.8, 4) is 0 Å². The zero-order valence-corrected chi connectivity index (χ0v) is 13.3. The maximum Gasteiger partial charge on any atom is 0.291 e. The first-order valence-corrected chi connectivity index (χ1v) is 7.63. The summed E-state index contributed by atoms with van der Waals surface area (Å²) in [6, 6.07) is 13.5. The Hall–Kier alpha value is -2.34. The molecule has 3 aromatic rings. The summed E-state index contributed by atoms with van der Waals surface area (Å²) in [5, 5.41) is 7.00. The van der Waals surface area contributed by atoms with E-state index in [9.17, 15) is 4.79 Å². The molecule has 1 N–H and O–H groups in total. The first kappa shape index (κ1) is 14.6. The van der Waals surface area contributed by atoms with Crippen LogP contribution in [0.25, 0.3) is 0 Å². The van der Waals surface area contributed by atoms with Crippen molar-refractivity contribution >= 4 is 27.5 Å². The van der Waals surface area contributed by atoms with E-state index in [4.69, 9.17) is 4.42 Å². The van der Waals surface area contributed by atoms with Gasteiger partial charge >= 0.3 is 0 Å². The zero-order valence-electron chi connectivity index (χ0n) is 11.7. The molecule has 0 bridgehead atoms. The number of carbonyl (C=O) groups is 1. The summed E-state index contributed by atoms with van der Waals surface area (Å²) < 4.78 is 7.54. The van der Waals surface area contributed by atoms with Gasteiger partial charge in [-0.1, -0.05) is 30.3 Å². The van der Waals surface area contributed by atoms with E-state index >= 15 is 0 Å². The normalized spacial score (nSPS) is 10.6. The number of aryl methyl sites for hydroxylation is 2. The lowest BCUT2D eigenvalue weighted by Gasteiger charge is -2.02. The minimum Gasteiger partial charge on any atom is -0.444 e. The lowest BCUT2D eigenvalue weighted by Crippen LogP contribution is -2.10.